The van der Waals surface area contributed by atoms with Crippen molar-refractivity contribution in [2.24, 2.45) is 0 Å². The molecule has 0 saturated heterocycles. The largest absolute Gasteiger partial charge is 0.507 e. The minimum atomic E-state index is -0.839. The summed E-state index contributed by atoms with van der Waals surface area (Å²) in [6.07, 6.45) is 8.85. The van der Waals surface area contributed by atoms with Gasteiger partial charge in [0.15, 0.2) is 0 Å². The van der Waals surface area contributed by atoms with Gasteiger partial charge in [0.1, 0.15) is 5.75 Å². The van der Waals surface area contributed by atoms with Crippen LogP contribution in [0.25, 0.3) is 0 Å². The number of hydrogen-bond acceptors (Lipinski definition) is 1. The number of hydrogen-bond donors (Lipinski definition) is 1. The van der Waals surface area contributed by atoms with E-state index in [-0.39, 0.29) is 5.75 Å². The van der Waals surface area contributed by atoms with E-state index in [1.807, 2.05) is 6.07 Å². The molecule has 0 spiro atoms. The van der Waals surface area contributed by atoms with Crippen LogP contribution in [0.3, 0.4) is 0 Å². The van der Waals surface area contributed by atoms with Crippen molar-refractivity contribution in [3.05, 3.63) is 28.7 Å². The Morgan fingerprint density at radius 2 is 1.29 bits per heavy atom. The van der Waals surface area contributed by atoms with Crippen molar-refractivity contribution in [1.29, 1.82) is 0 Å². The maximum absolute atomic E-state index is 8.87. The molecule has 1 aromatic carbocycles. The minimum Gasteiger partial charge on any atom is -0.507 e. The van der Waals surface area contributed by atoms with Crippen LogP contribution in [0.2, 0.25) is 13.3 Å². The first kappa shape index (κ1) is 21.3. The Hall–Kier alpha value is 0.299. The maximum atomic E-state index is 8.87. The van der Waals surface area contributed by atoms with Crippen molar-refractivity contribution in [1.82, 2.24) is 0 Å². The third kappa shape index (κ3) is 12.5. The molecule has 0 amide bonds. The summed E-state index contributed by atoms with van der Waals surface area (Å²) < 4.78 is 5.77. The van der Waals surface area contributed by atoms with Crippen molar-refractivity contribution >= 4 is 35.7 Å². The summed E-state index contributed by atoms with van der Waals surface area (Å²) in [5.41, 5.74) is 0. The van der Waals surface area contributed by atoms with Gasteiger partial charge in [-0.2, -0.15) is 0 Å². The van der Waals surface area contributed by atoms with E-state index < -0.39 is 19.8 Å². The average molecular weight is 463 g/mol. The number of para-hydroxylation sites is 1. The molecular weight excluding hydrogens is 431 g/mol. The van der Waals surface area contributed by atoms with Gasteiger partial charge in [-0.05, 0) is 28.1 Å². The topological polar surface area (TPSA) is 20.2 Å². The molecule has 1 rings (SSSR count). The van der Waals surface area contributed by atoms with Gasteiger partial charge in [-0.25, -0.2) is 0 Å². The third-order valence-corrected chi connectivity index (χ3v) is 13.3. The van der Waals surface area contributed by atoms with E-state index in [2.05, 4.69) is 36.7 Å². The molecule has 0 aliphatic heterocycles. The van der Waals surface area contributed by atoms with Gasteiger partial charge in [-0.3, -0.25) is 0 Å². The van der Waals surface area contributed by atoms with Crippen molar-refractivity contribution < 1.29 is 5.11 Å². The number of phenols is 1. The average Bonchev–Trinajstić information content (AvgIpc) is 2.50. The van der Waals surface area contributed by atoms with Crippen LogP contribution < -0.4 is 0 Å². The second-order valence-electron chi connectivity index (χ2n) is 5.51. The van der Waals surface area contributed by atoms with Gasteiger partial charge < -0.3 is 5.11 Å². The zero-order valence-electron chi connectivity index (χ0n) is 14.0. The first-order valence-electron chi connectivity index (χ1n) is 8.42. The Morgan fingerprint density at radius 1 is 0.857 bits per heavy atom. The predicted octanol–water partition coefficient (Wildman–Crippen LogP) is 7.04. The summed E-state index contributed by atoms with van der Waals surface area (Å²) >= 11 is 2.31. The fourth-order valence-corrected chi connectivity index (χ4v) is 11.8. The molecule has 0 atom stereocenters. The molecule has 121 valence electrons. The van der Waals surface area contributed by atoms with E-state index >= 15 is 0 Å². The van der Waals surface area contributed by atoms with E-state index in [0.717, 1.165) is 4.47 Å². The quantitative estimate of drug-likeness (QED) is 0.390. The monoisotopic (exact) mass is 463 g/mol. The van der Waals surface area contributed by atoms with Crippen LogP contribution in [0, 0.1) is 0 Å². The molecule has 1 aromatic rings. The van der Waals surface area contributed by atoms with Crippen molar-refractivity contribution in [2.75, 3.05) is 0 Å². The zero-order valence-corrected chi connectivity index (χ0v) is 18.4. The Morgan fingerprint density at radius 3 is 1.57 bits per heavy atom. The molecule has 21 heavy (non-hydrogen) atoms. The summed E-state index contributed by atoms with van der Waals surface area (Å²) in [6, 6.07) is 7.04. The van der Waals surface area contributed by atoms with Crippen LogP contribution in [0.5, 0.6) is 5.75 Å². The molecule has 0 heterocycles. The molecule has 0 bridgehead atoms. The molecule has 0 fully saturated rings. The molecular formula is C18H32BrOSn. The second-order valence-corrected chi connectivity index (χ2v) is 14.9. The maximum Gasteiger partial charge on any atom is 0.129 e. The molecule has 0 aromatic heterocycles. The summed E-state index contributed by atoms with van der Waals surface area (Å²) in [7, 11) is 0. The summed E-state index contributed by atoms with van der Waals surface area (Å²) in [6.45, 7) is 7.00. The van der Waals surface area contributed by atoms with Gasteiger partial charge >= 0.3 is 92.4 Å². The SMILES string of the molecule is CCC[CH2][Sn]([CH2]CCC)[CH2]CCC.Oc1ccccc1Br. The van der Waals surface area contributed by atoms with Crippen LogP contribution in [-0.2, 0) is 0 Å². The fraction of sp³-hybridized carbons (Fsp3) is 0.667. The third-order valence-electron chi connectivity index (χ3n) is 3.50. The molecule has 1 radical (unpaired) electrons. The van der Waals surface area contributed by atoms with Gasteiger partial charge in [0.05, 0.1) is 4.47 Å². The summed E-state index contributed by atoms with van der Waals surface area (Å²) in [5, 5.41) is 8.87. The molecule has 1 nitrogen and oxygen atoms in total. The van der Waals surface area contributed by atoms with Gasteiger partial charge in [-0.1, -0.05) is 12.1 Å². The number of aromatic hydroxyl groups is 1. The number of unbranched alkanes of at least 4 members (excludes halogenated alkanes) is 3. The van der Waals surface area contributed by atoms with E-state index in [4.69, 9.17) is 5.11 Å². The van der Waals surface area contributed by atoms with Gasteiger partial charge in [-0.15, -0.1) is 0 Å². The molecule has 0 saturated carbocycles. The first-order valence-corrected chi connectivity index (χ1v) is 15.3. The predicted molar refractivity (Wildman–Crippen MR) is 101 cm³/mol. The Kier molecular flexibility index (Phi) is 15.4. The molecule has 1 N–H and O–H groups in total. The van der Waals surface area contributed by atoms with Gasteiger partial charge in [0, 0.05) is 0 Å². The second kappa shape index (κ2) is 15.2. The Labute approximate surface area is 147 Å². The normalized spacial score (nSPS) is 10.3. The number of halogens is 1. The minimum absolute atomic E-state index is 0.285. The van der Waals surface area contributed by atoms with Crippen molar-refractivity contribution in [3.63, 3.8) is 0 Å². The van der Waals surface area contributed by atoms with E-state index in [9.17, 15) is 0 Å². The standard InChI is InChI=1S/C6H5BrO.3C4H9.Sn/c7-5-3-1-2-4-6(5)8;3*1-3-4-2;/h1-4,8H;3*1,3-4H2,2H3;. The van der Waals surface area contributed by atoms with E-state index in [1.54, 1.807) is 31.5 Å². The van der Waals surface area contributed by atoms with E-state index in [0.29, 0.717) is 0 Å². The first-order chi connectivity index (χ1) is 10.2. The van der Waals surface area contributed by atoms with Gasteiger partial charge in [0.2, 0.25) is 0 Å². The zero-order chi connectivity index (χ0) is 15.9. The van der Waals surface area contributed by atoms with Crippen LogP contribution in [-0.4, -0.2) is 24.9 Å². The van der Waals surface area contributed by atoms with Crippen molar-refractivity contribution in [2.45, 2.75) is 72.6 Å². The number of benzene rings is 1. The smallest absolute Gasteiger partial charge is 0.129 e. The Balaban J connectivity index is 0.000000423. The summed E-state index contributed by atoms with van der Waals surface area (Å²) in [4.78, 5) is 0. The van der Waals surface area contributed by atoms with Crippen LogP contribution in [0.1, 0.15) is 59.3 Å². The number of rotatable bonds is 9. The number of phenolic OH excluding ortho intramolecular Hbond substituents is 1. The fourth-order valence-electron chi connectivity index (χ4n) is 2.11. The van der Waals surface area contributed by atoms with E-state index in [1.165, 1.54) is 38.5 Å². The Bertz CT molecular complexity index is 304. The van der Waals surface area contributed by atoms with Crippen LogP contribution in [0.15, 0.2) is 28.7 Å². The summed E-state index contributed by atoms with van der Waals surface area (Å²) in [5.74, 6) is 0.285. The molecule has 0 aliphatic rings. The van der Waals surface area contributed by atoms with Crippen molar-refractivity contribution in [3.8, 4) is 5.75 Å². The van der Waals surface area contributed by atoms with Crippen LogP contribution >= 0.6 is 15.9 Å². The molecule has 3 heteroatoms. The molecule has 0 unspecified atom stereocenters. The van der Waals surface area contributed by atoms with Gasteiger partial charge in [0.25, 0.3) is 0 Å². The molecule has 0 aliphatic carbocycles. The van der Waals surface area contributed by atoms with Crippen LogP contribution in [0.4, 0.5) is 0 Å².